The molecule has 1 heterocycles. The van der Waals surface area contributed by atoms with E-state index in [1.54, 1.807) is 6.07 Å². The van der Waals surface area contributed by atoms with Crippen LogP contribution in [-0.4, -0.2) is 38.1 Å². The van der Waals surface area contributed by atoms with E-state index in [4.69, 9.17) is 5.26 Å². The molecule has 1 aromatic rings. The van der Waals surface area contributed by atoms with E-state index in [9.17, 15) is 12.8 Å². The van der Waals surface area contributed by atoms with Crippen molar-refractivity contribution in [3.05, 3.63) is 29.6 Å². The molecule has 1 unspecified atom stereocenters. The fraction of sp³-hybridized carbons (Fsp3) is 0.462. The van der Waals surface area contributed by atoms with Crippen LogP contribution in [0.2, 0.25) is 0 Å². The number of benzene rings is 1. The number of hydrogen-bond donors (Lipinski definition) is 1. The van der Waals surface area contributed by atoms with Gasteiger partial charge < -0.3 is 5.32 Å². The predicted octanol–water partition coefficient (Wildman–Crippen LogP) is 1.53. The molecule has 1 fully saturated rings. The molecule has 0 amide bonds. The van der Waals surface area contributed by atoms with Crippen molar-refractivity contribution in [2.75, 3.05) is 24.7 Å². The van der Waals surface area contributed by atoms with Gasteiger partial charge in [-0.15, -0.1) is 0 Å². The first-order chi connectivity index (χ1) is 9.41. The van der Waals surface area contributed by atoms with Crippen LogP contribution in [0.4, 0.5) is 10.1 Å². The SMILES string of the molecule is CS(=O)(=O)N1CCCC(Nc2cccc(F)c2C#N)C1. The molecular weight excluding hydrogens is 281 g/mol. The monoisotopic (exact) mass is 297 g/mol. The first kappa shape index (κ1) is 14.8. The van der Waals surface area contributed by atoms with Crippen LogP contribution in [0.1, 0.15) is 18.4 Å². The summed E-state index contributed by atoms with van der Waals surface area (Å²) >= 11 is 0. The van der Waals surface area contributed by atoms with Gasteiger partial charge in [-0.1, -0.05) is 6.07 Å². The van der Waals surface area contributed by atoms with Crippen molar-refractivity contribution in [2.45, 2.75) is 18.9 Å². The number of nitrogens with zero attached hydrogens (tertiary/aromatic N) is 2. The number of anilines is 1. The highest BCUT2D eigenvalue weighted by Crippen LogP contribution is 2.22. The minimum absolute atomic E-state index is 0.0380. The maximum atomic E-state index is 13.5. The summed E-state index contributed by atoms with van der Waals surface area (Å²) in [5, 5.41) is 12.0. The third-order valence-electron chi connectivity index (χ3n) is 3.34. The minimum Gasteiger partial charge on any atom is -0.380 e. The van der Waals surface area contributed by atoms with E-state index in [0.29, 0.717) is 18.8 Å². The van der Waals surface area contributed by atoms with Crippen molar-refractivity contribution < 1.29 is 12.8 Å². The van der Waals surface area contributed by atoms with Gasteiger partial charge in [0.2, 0.25) is 10.0 Å². The highest BCUT2D eigenvalue weighted by Gasteiger charge is 2.26. The second-order valence-corrected chi connectivity index (χ2v) is 6.86. The molecule has 0 aromatic heterocycles. The number of nitrogens with one attached hydrogen (secondary N) is 1. The average Bonchev–Trinajstić information content (AvgIpc) is 2.38. The van der Waals surface area contributed by atoms with E-state index in [-0.39, 0.29) is 11.6 Å². The van der Waals surface area contributed by atoms with Crippen molar-refractivity contribution in [1.82, 2.24) is 4.31 Å². The van der Waals surface area contributed by atoms with Gasteiger partial charge in [0, 0.05) is 19.1 Å². The average molecular weight is 297 g/mol. The Morgan fingerprint density at radius 2 is 2.25 bits per heavy atom. The Labute approximate surface area is 118 Å². The van der Waals surface area contributed by atoms with Crippen molar-refractivity contribution in [2.24, 2.45) is 0 Å². The van der Waals surface area contributed by atoms with Gasteiger partial charge in [-0.05, 0) is 25.0 Å². The highest BCUT2D eigenvalue weighted by atomic mass is 32.2. The van der Waals surface area contributed by atoms with Gasteiger partial charge in [0.25, 0.3) is 0 Å². The fourth-order valence-corrected chi connectivity index (χ4v) is 3.25. The zero-order chi connectivity index (χ0) is 14.8. The van der Waals surface area contributed by atoms with Gasteiger partial charge >= 0.3 is 0 Å². The van der Waals surface area contributed by atoms with Crippen LogP contribution >= 0.6 is 0 Å². The molecule has 7 heteroatoms. The molecule has 1 aliphatic rings. The zero-order valence-corrected chi connectivity index (χ0v) is 12.0. The summed E-state index contributed by atoms with van der Waals surface area (Å²) in [4.78, 5) is 0. The van der Waals surface area contributed by atoms with E-state index < -0.39 is 15.8 Å². The molecule has 1 saturated heterocycles. The van der Waals surface area contributed by atoms with Crippen molar-refractivity contribution in [1.29, 1.82) is 5.26 Å². The van der Waals surface area contributed by atoms with Crippen LogP contribution in [0.5, 0.6) is 0 Å². The van der Waals surface area contributed by atoms with Crippen molar-refractivity contribution >= 4 is 15.7 Å². The number of sulfonamides is 1. The van der Waals surface area contributed by atoms with Gasteiger partial charge in [0.15, 0.2) is 0 Å². The molecule has 108 valence electrons. The first-order valence-corrected chi connectivity index (χ1v) is 8.17. The quantitative estimate of drug-likeness (QED) is 0.918. The van der Waals surface area contributed by atoms with Gasteiger partial charge in [0.1, 0.15) is 17.4 Å². The second-order valence-electron chi connectivity index (χ2n) is 4.88. The zero-order valence-electron chi connectivity index (χ0n) is 11.1. The van der Waals surface area contributed by atoms with Crippen LogP contribution in [0.15, 0.2) is 18.2 Å². The van der Waals surface area contributed by atoms with Crippen LogP contribution in [0.3, 0.4) is 0 Å². The molecule has 5 nitrogen and oxygen atoms in total. The summed E-state index contributed by atoms with van der Waals surface area (Å²) in [7, 11) is -3.22. The summed E-state index contributed by atoms with van der Waals surface area (Å²) in [6.07, 6.45) is 2.70. The lowest BCUT2D eigenvalue weighted by molar-refractivity contribution is 0.329. The van der Waals surface area contributed by atoms with Gasteiger partial charge in [-0.25, -0.2) is 17.1 Å². The molecule has 0 spiro atoms. The summed E-state index contributed by atoms with van der Waals surface area (Å²) in [5.74, 6) is -0.576. The Hall–Kier alpha value is -1.65. The Kier molecular flexibility index (Phi) is 4.26. The van der Waals surface area contributed by atoms with E-state index in [1.165, 1.54) is 22.7 Å². The van der Waals surface area contributed by atoms with E-state index >= 15 is 0 Å². The largest absolute Gasteiger partial charge is 0.380 e. The Bertz CT molecular complexity index is 640. The molecule has 0 radical (unpaired) electrons. The fourth-order valence-electron chi connectivity index (χ4n) is 2.34. The normalized spacial score (nSPS) is 20.4. The summed E-state index contributed by atoms with van der Waals surface area (Å²) in [6, 6.07) is 6.09. The van der Waals surface area contributed by atoms with Crippen LogP contribution in [0.25, 0.3) is 0 Å². The third kappa shape index (κ3) is 3.26. The predicted molar refractivity (Wildman–Crippen MR) is 74.2 cm³/mol. The first-order valence-electron chi connectivity index (χ1n) is 6.32. The molecule has 20 heavy (non-hydrogen) atoms. The highest BCUT2D eigenvalue weighted by molar-refractivity contribution is 7.88. The molecule has 0 saturated carbocycles. The number of halogens is 1. The van der Waals surface area contributed by atoms with Gasteiger partial charge in [-0.2, -0.15) is 5.26 Å². The molecule has 1 aromatic carbocycles. The number of nitriles is 1. The minimum atomic E-state index is -3.22. The molecule has 0 aliphatic carbocycles. The number of piperidine rings is 1. The van der Waals surface area contributed by atoms with Gasteiger partial charge in [-0.3, -0.25) is 0 Å². The Morgan fingerprint density at radius 3 is 2.90 bits per heavy atom. The summed E-state index contributed by atoms with van der Waals surface area (Å²) in [5.41, 5.74) is 0.372. The van der Waals surface area contributed by atoms with E-state index in [1.807, 2.05) is 6.07 Å². The lowest BCUT2D eigenvalue weighted by Crippen LogP contribution is -2.44. The van der Waals surface area contributed by atoms with E-state index in [0.717, 1.165) is 12.8 Å². The summed E-state index contributed by atoms with van der Waals surface area (Å²) < 4.78 is 38.0. The molecule has 1 atom stereocenters. The molecular formula is C13H16FN3O2S. The maximum Gasteiger partial charge on any atom is 0.211 e. The smallest absolute Gasteiger partial charge is 0.211 e. The van der Waals surface area contributed by atoms with Crippen LogP contribution < -0.4 is 5.32 Å². The number of rotatable bonds is 3. The van der Waals surface area contributed by atoms with Crippen molar-refractivity contribution in [3.63, 3.8) is 0 Å². The molecule has 0 bridgehead atoms. The molecule has 1 aliphatic heterocycles. The molecule has 1 N–H and O–H groups in total. The lowest BCUT2D eigenvalue weighted by Gasteiger charge is -2.32. The lowest BCUT2D eigenvalue weighted by atomic mass is 10.1. The third-order valence-corrected chi connectivity index (χ3v) is 4.61. The molecule has 2 rings (SSSR count). The Morgan fingerprint density at radius 1 is 1.50 bits per heavy atom. The van der Waals surface area contributed by atoms with Crippen molar-refractivity contribution in [3.8, 4) is 6.07 Å². The van der Waals surface area contributed by atoms with Gasteiger partial charge in [0.05, 0.1) is 11.9 Å². The maximum absolute atomic E-state index is 13.5. The standard InChI is InChI=1S/C13H16FN3O2S/c1-20(18,19)17-7-3-4-10(9-17)16-13-6-2-5-12(14)11(13)8-15/h2,5-6,10,16H,3-4,7,9H2,1H3. The van der Waals surface area contributed by atoms with E-state index in [2.05, 4.69) is 5.32 Å². The topological polar surface area (TPSA) is 73.2 Å². The Balaban J connectivity index is 2.15. The second kappa shape index (κ2) is 5.77. The van der Waals surface area contributed by atoms with Crippen LogP contribution in [0, 0.1) is 17.1 Å². The summed E-state index contributed by atoms with van der Waals surface area (Å²) in [6.45, 7) is 0.839. The number of hydrogen-bond acceptors (Lipinski definition) is 4. The van der Waals surface area contributed by atoms with Crippen LogP contribution in [-0.2, 0) is 10.0 Å².